The molecule has 0 aliphatic heterocycles. The van der Waals surface area contributed by atoms with Crippen molar-refractivity contribution in [1.29, 1.82) is 0 Å². The summed E-state index contributed by atoms with van der Waals surface area (Å²) < 4.78 is 12.7. The fourth-order valence-corrected chi connectivity index (χ4v) is 4.02. The Kier molecular flexibility index (Phi) is 5.37. The average Bonchev–Trinajstić information content (AvgIpc) is 2.87. The zero-order valence-electron chi connectivity index (χ0n) is 18.4. The van der Waals surface area contributed by atoms with Crippen LogP contribution in [0.15, 0.2) is 89.7 Å². The van der Waals surface area contributed by atoms with E-state index >= 15 is 0 Å². The second kappa shape index (κ2) is 8.63. The highest BCUT2D eigenvalue weighted by Gasteiger charge is 2.12. The number of hydrogen-bond acceptors (Lipinski definition) is 4. The molecule has 0 radical (unpaired) electrons. The zero-order chi connectivity index (χ0) is 22.8. The molecule has 0 saturated carbocycles. The van der Waals surface area contributed by atoms with Gasteiger partial charge < -0.3 is 9.47 Å². The van der Waals surface area contributed by atoms with E-state index in [2.05, 4.69) is 0 Å². The molecule has 0 spiro atoms. The molecule has 0 bridgehead atoms. The van der Waals surface area contributed by atoms with Gasteiger partial charge in [-0.1, -0.05) is 42.5 Å². The highest BCUT2D eigenvalue weighted by molar-refractivity contribution is 5.96. The van der Waals surface area contributed by atoms with Crippen molar-refractivity contribution in [2.75, 3.05) is 14.2 Å². The fourth-order valence-electron chi connectivity index (χ4n) is 4.02. The molecule has 5 aromatic rings. The normalized spacial score (nSPS) is 11.3. The third kappa shape index (κ3) is 3.74. The largest absolute Gasteiger partial charge is 0.497 e. The van der Waals surface area contributed by atoms with Gasteiger partial charge in [-0.2, -0.15) is 0 Å². The highest BCUT2D eigenvalue weighted by Crippen LogP contribution is 2.32. The molecule has 1 heterocycles. The Morgan fingerprint density at radius 2 is 1.55 bits per heavy atom. The van der Waals surface area contributed by atoms with Crippen LogP contribution < -0.4 is 15.0 Å². The van der Waals surface area contributed by atoms with Gasteiger partial charge in [-0.05, 0) is 65.4 Å². The molecule has 5 nitrogen and oxygen atoms in total. The molecule has 0 aliphatic carbocycles. The van der Waals surface area contributed by atoms with Gasteiger partial charge in [-0.3, -0.25) is 9.36 Å². The number of fused-ring (bicyclic) bond motifs is 2. The standard InChI is InChI=1S/C28H22N2O3/c1-32-21-14-12-19-13-16-26(33-2)22(24(19)18-21)15-17-27-29-25-11-7-6-10-23(25)28(31)30(27)20-8-4-3-5-9-20/h3-18H,1-2H3. The lowest BCUT2D eigenvalue weighted by atomic mass is 10.0. The number of hydrogen-bond donors (Lipinski definition) is 0. The molecule has 162 valence electrons. The number of nitrogens with zero attached hydrogens (tertiary/aromatic N) is 2. The molecule has 5 heteroatoms. The first-order valence-corrected chi connectivity index (χ1v) is 10.6. The topological polar surface area (TPSA) is 53.4 Å². The Hall–Kier alpha value is -4.38. The summed E-state index contributed by atoms with van der Waals surface area (Å²) in [6.07, 6.45) is 3.80. The van der Waals surface area contributed by atoms with Crippen LogP contribution in [-0.2, 0) is 0 Å². The monoisotopic (exact) mass is 434 g/mol. The molecular weight excluding hydrogens is 412 g/mol. The first kappa shape index (κ1) is 20.5. The van der Waals surface area contributed by atoms with E-state index in [1.165, 1.54) is 0 Å². The smallest absolute Gasteiger partial charge is 0.266 e. The van der Waals surface area contributed by atoms with E-state index in [9.17, 15) is 4.79 Å². The van der Waals surface area contributed by atoms with Gasteiger partial charge in [0, 0.05) is 5.56 Å². The average molecular weight is 434 g/mol. The maximum Gasteiger partial charge on any atom is 0.266 e. The van der Waals surface area contributed by atoms with Crippen molar-refractivity contribution in [1.82, 2.24) is 9.55 Å². The molecule has 0 saturated heterocycles. The Morgan fingerprint density at radius 3 is 2.33 bits per heavy atom. The molecule has 0 fully saturated rings. The molecule has 0 unspecified atom stereocenters. The maximum absolute atomic E-state index is 13.4. The van der Waals surface area contributed by atoms with Gasteiger partial charge in [0.25, 0.3) is 5.56 Å². The van der Waals surface area contributed by atoms with Crippen molar-refractivity contribution in [3.8, 4) is 17.2 Å². The number of para-hydroxylation sites is 2. The molecule has 0 atom stereocenters. The van der Waals surface area contributed by atoms with Crippen LogP contribution in [0, 0.1) is 0 Å². The van der Waals surface area contributed by atoms with E-state index in [-0.39, 0.29) is 5.56 Å². The summed E-state index contributed by atoms with van der Waals surface area (Å²) in [5, 5.41) is 2.62. The fraction of sp³-hybridized carbons (Fsp3) is 0.0714. The maximum atomic E-state index is 13.4. The molecule has 1 aromatic heterocycles. The summed E-state index contributed by atoms with van der Waals surface area (Å²) in [6, 6.07) is 26.8. The van der Waals surface area contributed by atoms with Crippen LogP contribution in [0.2, 0.25) is 0 Å². The third-order valence-electron chi connectivity index (χ3n) is 5.67. The van der Waals surface area contributed by atoms with Crippen LogP contribution in [-0.4, -0.2) is 23.8 Å². The number of ether oxygens (including phenoxy) is 2. The van der Waals surface area contributed by atoms with Crippen LogP contribution in [0.5, 0.6) is 11.5 Å². The Balaban J connectivity index is 1.76. The Bertz CT molecular complexity index is 1550. The zero-order valence-corrected chi connectivity index (χ0v) is 18.4. The quantitative estimate of drug-likeness (QED) is 0.355. The van der Waals surface area contributed by atoms with Gasteiger partial charge in [0.1, 0.15) is 17.3 Å². The van der Waals surface area contributed by atoms with Gasteiger partial charge in [0.15, 0.2) is 0 Å². The van der Waals surface area contributed by atoms with Crippen molar-refractivity contribution in [3.05, 3.63) is 107 Å². The SMILES string of the molecule is COc1ccc2ccc(OC)c(C=Cc3nc4ccccc4c(=O)n3-c3ccccc3)c2c1. The number of aromatic nitrogens is 2. The molecule has 33 heavy (non-hydrogen) atoms. The lowest BCUT2D eigenvalue weighted by molar-refractivity contribution is 0.413. The van der Waals surface area contributed by atoms with Crippen LogP contribution in [0.1, 0.15) is 11.4 Å². The van der Waals surface area contributed by atoms with Crippen molar-refractivity contribution in [3.63, 3.8) is 0 Å². The predicted octanol–water partition coefficient (Wildman–Crippen LogP) is 5.73. The predicted molar refractivity (Wildman–Crippen MR) is 133 cm³/mol. The minimum absolute atomic E-state index is 0.113. The molecule has 4 aromatic carbocycles. The van der Waals surface area contributed by atoms with E-state index in [0.717, 1.165) is 33.5 Å². The molecule has 0 amide bonds. The summed E-state index contributed by atoms with van der Waals surface area (Å²) in [7, 11) is 3.29. The summed E-state index contributed by atoms with van der Waals surface area (Å²) in [6.45, 7) is 0. The minimum Gasteiger partial charge on any atom is -0.497 e. The first-order chi connectivity index (χ1) is 16.2. The number of benzene rings is 4. The van der Waals surface area contributed by atoms with E-state index in [0.29, 0.717) is 16.7 Å². The molecule has 0 aliphatic rings. The second-order valence-electron chi connectivity index (χ2n) is 7.57. The van der Waals surface area contributed by atoms with Crippen molar-refractivity contribution in [2.24, 2.45) is 0 Å². The lowest BCUT2D eigenvalue weighted by Gasteiger charge is -2.13. The van der Waals surface area contributed by atoms with E-state index in [1.54, 1.807) is 24.9 Å². The van der Waals surface area contributed by atoms with Gasteiger partial charge in [0.2, 0.25) is 0 Å². The van der Waals surface area contributed by atoms with E-state index in [4.69, 9.17) is 14.5 Å². The summed E-state index contributed by atoms with van der Waals surface area (Å²) >= 11 is 0. The van der Waals surface area contributed by atoms with Crippen LogP contribution in [0.4, 0.5) is 0 Å². The minimum atomic E-state index is -0.113. The molecular formula is C28H22N2O3. The summed E-state index contributed by atoms with van der Waals surface area (Å²) in [5.74, 6) is 2.02. The lowest BCUT2D eigenvalue weighted by Crippen LogP contribution is -2.22. The van der Waals surface area contributed by atoms with E-state index in [1.807, 2.05) is 91.0 Å². The van der Waals surface area contributed by atoms with Crippen molar-refractivity contribution in [2.45, 2.75) is 0 Å². The number of methoxy groups -OCH3 is 2. The summed E-state index contributed by atoms with van der Waals surface area (Å²) in [5.41, 5.74) is 2.18. The van der Waals surface area contributed by atoms with Gasteiger partial charge in [-0.15, -0.1) is 0 Å². The van der Waals surface area contributed by atoms with Gasteiger partial charge >= 0.3 is 0 Å². The Labute approximate surface area is 191 Å². The Morgan fingerprint density at radius 1 is 0.788 bits per heavy atom. The second-order valence-corrected chi connectivity index (χ2v) is 7.57. The van der Waals surface area contributed by atoms with Crippen molar-refractivity contribution < 1.29 is 9.47 Å². The molecule has 0 N–H and O–H groups in total. The van der Waals surface area contributed by atoms with Crippen LogP contribution >= 0.6 is 0 Å². The van der Waals surface area contributed by atoms with Gasteiger partial charge in [-0.25, -0.2) is 4.98 Å². The molecule has 5 rings (SSSR count). The third-order valence-corrected chi connectivity index (χ3v) is 5.67. The summed E-state index contributed by atoms with van der Waals surface area (Å²) in [4.78, 5) is 18.2. The number of rotatable bonds is 5. The van der Waals surface area contributed by atoms with Crippen molar-refractivity contribution >= 4 is 33.8 Å². The van der Waals surface area contributed by atoms with Gasteiger partial charge in [0.05, 0.1) is 30.8 Å². The van der Waals surface area contributed by atoms with Crippen LogP contribution in [0.25, 0.3) is 39.5 Å². The highest BCUT2D eigenvalue weighted by atomic mass is 16.5. The van der Waals surface area contributed by atoms with E-state index < -0.39 is 0 Å². The first-order valence-electron chi connectivity index (χ1n) is 10.6. The van der Waals surface area contributed by atoms with Crippen LogP contribution in [0.3, 0.4) is 0 Å².